The van der Waals surface area contributed by atoms with Crippen molar-refractivity contribution in [3.8, 4) is 0 Å². The van der Waals surface area contributed by atoms with Gasteiger partial charge >= 0.3 is 12.1 Å². The van der Waals surface area contributed by atoms with Gasteiger partial charge in [-0.25, -0.2) is 9.59 Å². The van der Waals surface area contributed by atoms with E-state index in [0.717, 1.165) is 16.7 Å². The molecule has 4 rings (SSSR count). The molecule has 8 nitrogen and oxygen atoms in total. The second kappa shape index (κ2) is 13.4. The Balaban J connectivity index is 1.55. The van der Waals surface area contributed by atoms with E-state index in [2.05, 4.69) is 18.8 Å². The summed E-state index contributed by atoms with van der Waals surface area (Å²) in [6.07, 6.45) is -0.338. The van der Waals surface area contributed by atoms with Crippen molar-refractivity contribution in [3.63, 3.8) is 0 Å². The van der Waals surface area contributed by atoms with E-state index in [0.29, 0.717) is 16.3 Å². The third-order valence-electron chi connectivity index (χ3n) is 6.41. The number of aliphatic hydroxyl groups excluding tert-OH is 1. The molecule has 204 valence electrons. The maximum atomic E-state index is 11.9. The van der Waals surface area contributed by atoms with Crippen LogP contribution in [-0.4, -0.2) is 40.7 Å². The molecule has 1 aliphatic heterocycles. The SMILES string of the molecule is C=CCOC(=O)Nc1ccc([C@@H]2O[C@H](CSc3ccccc3C(=O)O)[C@H](C)[C@H](c3ccc(CO)cc3)O2)cc1. The number of amides is 1. The molecule has 1 amide bonds. The molecule has 0 radical (unpaired) electrons. The lowest BCUT2D eigenvalue weighted by Crippen LogP contribution is -2.38. The zero-order chi connectivity index (χ0) is 27.8. The molecule has 1 saturated heterocycles. The Morgan fingerprint density at radius 2 is 1.72 bits per heavy atom. The van der Waals surface area contributed by atoms with Gasteiger partial charge in [0, 0.05) is 27.8 Å². The second-order valence-corrected chi connectivity index (χ2v) is 10.1. The van der Waals surface area contributed by atoms with E-state index in [1.165, 1.54) is 17.8 Å². The van der Waals surface area contributed by atoms with E-state index in [4.69, 9.17) is 14.2 Å². The molecule has 1 heterocycles. The lowest BCUT2D eigenvalue weighted by atomic mass is 9.91. The Kier molecular flexibility index (Phi) is 9.78. The number of rotatable bonds is 10. The Bertz CT molecular complexity index is 1280. The fourth-order valence-electron chi connectivity index (χ4n) is 4.26. The number of benzene rings is 3. The first-order chi connectivity index (χ1) is 18.9. The molecule has 0 aromatic heterocycles. The van der Waals surface area contributed by atoms with Gasteiger partial charge in [-0.15, -0.1) is 11.8 Å². The fraction of sp³-hybridized carbons (Fsp3) is 0.267. The Hall–Kier alpha value is -3.63. The van der Waals surface area contributed by atoms with E-state index in [1.807, 2.05) is 42.5 Å². The van der Waals surface area contributed by atoms with Gasteiger partial charge in [-0.2, -0.15) is 0 Å². The minimum atomic E-state index is -0.971. The van der Waals surface area contributed by atoms with Crippen molar-refractivity contribution in [2.24, 2.45) is 5.92 Å². The molecular formula is C30H31NO7S. The number of anilines is 1. The highest BCUT2D eigenvalue weighted by atomic mass is 32.2. The molecule has 39 heavy (non-hydrogen) atoms. The first-order valence-corrected chi connectivity index (χ1v) is 13.5. The van der Waals surface area contributed by atoms with Crippen LogP contribution < -0.4 is 5.32 Å². The summed E-state index contributed by atoms with van der Waals surface area (Å²) in [6, 6.07) is 21.7. The standard InChI is InChI=1S/C30H31NO7S/c1-3-16-36-30(35)31-23-14-12-22(13-15-23)29-37-25(18-39-26-7-5-4-6-24(26)28(33)34)19(2)27(38-29)21-10-8-20(17-32)9-11-21/h3-15,19,25,27,29,32H,1,16-18H2,2H3,(H,31,35)(H,33,34)/t19-,25+,27+,29+/m0/s1. The third kappa shape index (κ3) is 7.27. The second-order valence-electron chi connectivity index (χ2n) is 9.07. The summed E-state index contributed by atoms with van der Waals surface area (Å²) in [5, 5.41) is 21.7. The lowest BCUT2D eigenvalue weighted by Gasteiger charge is -2.41. The molecule has 3 N–H and O–H groups in total. The van der Waals surface area contributed by atoms with Crippen molar-refractivity contribution >= 4 is 29.5 Å². The molecule has 4 atom stereocenters. The van der Waals surface area contributed by atoms with Crippen molar-refractivity contribution in [2.45, 2.75) is 36.9 Å². The molecule has 0 bridgehead atoms. The number of aromatic carboxylic acids is 1. The minimum absolute atomic E-state index is 0.0448. The van der Waals surface area contributed by atoms with E-state index in [9.17, 15) is 19.8 Å². The molecule has 1 aliphatic rings. The van der Waals surface area contributed by atoms with Crippen molar-refractivity contribution < 1.29 is 34.0 Å². The minimum Gasteiger partial charge on any atom is -0.478 e. The number of carbonyl (C=O) groups is 2. The Morgan fingerprint density at radius 3 is 2.38 bits per heavy atom. The topological polar surface area (TPSA) is 114 Å². The molecule has 0 aliphatic carbocycles. The van der Waals surface area contributed by atoms with Crippen molar-refractivity contribution in [1.82, 2.24) is 0 Å². The summed E-state index contributed by atoms with van der Waals surface area (Å²) >= 11 is 1.44. The van der Waals surface area contributed by atoms with Crippen LogP contribution in [0.5, 0.6) is 0 Å². The first kappa shape index (κ1) is 28.4. The number of carboxylic acids is 1. The summed E-state index contributed by atoms with van der Waals surface area (Å²) in [4.78, 5) is 24.2. The van der Waals surface area contributed by atoms with Gasteiger partial charge in [0.05, 0.1) is 24.4 Å². The van der Waals surface area contributed by atoms with E-state index in [-0.39, 0.29) is 36.9 Å². The van der Waals surface area contributed by atoms with Crippen LogP contribution in [0.1, 0.15) is 46.4 Å². The van der Waals surface area contributed by atoms with Gasteiger partial charge in [-0.3, -0.25) is 5.32 Å². The van der Waals surface area contributed by atoms with E-state index >= 15 is 0 Å². The van der Waals surface area contributed by atoms with Gasteiger partial charge in [0.15, 0.2) is 6.29 Å². The molecule has 0 unspecified atom stereocenters. The van der Waals surface area contributed by atoms with Crippen LogP contribution in [0.4, 0.5) is 10.5 Å². The Labute approximate surface area is 231 Å². The molecular weight excluding hydrogens is 518 g/mol. The van der Waals surface area contributed by atoms with Crippen molar-refractivity contribution in [1.29, 1.82) is 0 Å². The number of thioether (sulfide) groups is 1. The smallest absolute Gasteiger partial charge is 0.411 e. The highest BCUT2D eigenvalue weighted by molar-refractivity contribution is 7.99. The number of carbonyl (C=O) groups excluding carboxylic acids is 1. The summed E-state index contributed by atoms with van der Waals surface area (Å²) in [6.45, 7) is 5.64. The molecule has 9 heteroatoms. The summed E-state index contributed by atoms with van der Waals surface area (Å²) in [7, 11) is 0. The molecule has 0 spiro atoms. The van der Waals surface area contributed by atoms with Gasteiger partial charge in [-0.05, 0) is 35.4 Å². The highest BCUT2D eigenvalue weighted by Crippen LogP contribution is 2.43. The quantitative estimate of drug-likeness (QED) is 0.202. The molecule has 3 aromatic carbocycles. The average molecular weight is 550 g/mol. The van der Waals surface area contributed by atoms with Crippen LogP contribution in [0.3, 0.4) is 0 Å². The van der Waals surface area contributed by atoms with Gasteiger partial charge in [0.2, 0.25) is 0 Å². The first-order valence-electron chi connectivity index (χ1n) is 12.5. The van der Waals surface area contributed by atoms with E-state index in [1.54, 1.807) is 30.3 Å². The fourth-order valence-corrected chi connectivity index (χ4v) is 5.47. The van der Waals surface area contributed by atoms with Gasteiger partial charge < -0.3 is 24.4 Å². The average Bonchev–Trinajstić information content (AvgIpc) is 2.96. The van der Waals surface area contributed by atoms with Crippen molar-refractivity contribution in [3.05, 3.63) is 108 Å². The maximum Gasteiger partial charge on any atom is 0.411 e. The van der Waals surface area contributed by atoms with Crippen LogP contribution in [0.15, 0.2) is 90.3 Å². The van der Waals surface area contributed by atoms with Crippen LogP contribution in [0.25, 0.3) is 0 Å². The summed E-state index contributed by atoms with van der Waals surface area (Å²) < 4.78 is 17.8. The summed E-state index contributed by atoms with van der Waals surface area (Å²) in [5.41, 5.74) is 3.35. The number of hydrogen-bond acceptors (Lipinski definition) is 7. The van der Waals surface area contributed by atoms with Crippen molar-refractivity contribution in [2.75, 3.05) is 17.7 Å². The van der Waals surface area contributed by atoms with Crippen LogP contribution >= 0.6 is 11.8 Å². The largest absolute Gasteiger partial charge is 0.478 e. The van der Waals surface area contributed by atoms with Gasteiger partial charge in [-0.1, -0.05) is 68.1 Å². The monoisotopic (exact) mass is 549 g/mol. The predicted molar refractivity (Wildman–Crippen MR) is 149 cm³/mol. The summed E-state index contributed by atoms with van der Waals surface area (Å²) in [5.74, 6) is -0.502. The molecule has 1 fully saturated rings. The lowest BCUT2D eigenvalue weighted by molar-refractivity contribution is -0.268. The number of carboxylic acid groups (broad SMARTS) is 1. The normalized spacial score (nSPS) is 20.7. The Morgan fingerprint density at radius 1 is 1.03 bits per heavy atom. The molecule has 3 aromatic rings. The third-order valence-corrected chi connectivity index (χ3v) is 7.57. The number of hydrogen-bond donors (Lipinski definition) is 3. The highest BCUT2D eigenvalue weighted by Gasteiger charge is 2.38. The van der Waals surface area contributed by atoms with Crippen LogP contribution in [-0.2, 0) is 20.8 Å². The van der Waals surface area contributed by atoms with Gasteiger partial charge in [0.25, 0.3) is 0 Å². The van der Waals surface area contributed by atoms with Gasteiger partial charge in [0.1, 0.15) is 6.61 Å². The van der Waals surface area contributed by atoms with Crippen LogP contribution in [0, 0.1) is 5.92 Å². The number of aliphatic hydroxyl groups is 1. The zero-order valence-corrected chi connectivity index (χ0v) is 22.3. The zero-order valence-electron chi connectivity index (χ0n) is 21.5. The van der Waals surface area contributed by atoms with E-state index < -0.39 is 18.4 Å². The number of nitrogens with one attached hydrogen (secondary N) is 1. The predicted octanol–water partition coefficient (Wildman–Crippen LogP) is 6.20. The maximum absolute atomic E-state index is 11.9. The number of ether oxygens (including phenoxy) is 3. The molecule has 0 saturated carbocycles. The van der Waals surface area contributed by atoms with Crippen LogP contribution in [0.2, 0.25) is 0 Å².